The molecule has 1 spiro atoms. The van der Waals surface area contributed by atoms with Crippen molar-refractivity contribution < 1.29 is 9.53 Å². The molecule has 0 bridgehead atoms. The Hall–Kier alpha value is -1.06. The summed E-state index contributed by atoms with van der Waals surface area (Å²) in [7, 11) is 0. The van der Waals surface area contributed by atoms with Crippen molar-refractivity contribution in [2.75, 3.05) is 19.7 Å². The van der Waals surface area contributed by atoms with E-state index in [1.54, 1.807) is 0 Å². The number of nitrogens with one attached hydrogen (secondary N) is 1. The molecule has 1 aromatic rings. The molecule has 4 heteroatoms. The minimum atomic E-state index is -0.383. The van der Waals surface area contributed by atoms with Crippen molar-refractivity contribution in [2.45, 2.75) is 31.6 Å². The van der Waals surface area contributed by atoms with Gasteiger partial charge in [0.25, 0.3) is 0 Å². The molecule has 1 aliphatic carbocycles. The van der Waals surface area contributed by atoms with Gasteiger partial charge in [-0.05, 0) is 50.3 Å². The molecule has 1 unspecified atom stereocenters. The molecule has 3 rings (SSSR count). The molecule has 2 aliphatic rings. The van der Waals surface area contributed by atoms with Gasteiger partial charge in [0.05, 0.1) is 12.0 Å². The zero-order chi connectivity index (χ0) is 13.3. The zero-order valence-corrected chi connectivity index (χ0v) is 12.7. The second-order valence-corrected chi connectivity index (χ2v) is 5.70. The maximum Gasteiger partial charge on any atom is 0.317 e. The third kappa shape index (κ3) is 2.13. The van der Waals surface area contributed by atoms with Crippen LogP contribution in [0, 0.1) is 5.41 Å². The lowest BCUT2D eigenvalue weighted by Gasteiger charge is -2.29. The van der Waals surface area contributed by atoms with Crippen LogP contribution in [0.1, 0.15) is 31.7 Å². The van der Waals surface area contributed by atoms with Gasteiger partial charge in [-0.3, -0.25) is 4.79 Å². The number of esters is 1. The van der Waals surface area contributed by atoms with Gasteiger partial charge in [0.15, 0.2) is 0 Å². The van der Waals surface area contributed by atoms with Gasteiger partial charge in [-0.15, -0.1) is 12.4 Å². The molecule has 1 saturated carbocycles. The monoisotopic (exact) mass is 295 g/mol. The van der Waals surface area contributed by atoms with Gasteiger partial charge in [-0.2, -0.15) is 0 Å². The Kier molecular flexibility index (Phi) is 4.40. The van der Waals surface area contributed by atoms with E-state index in [0.717, 1.165) is 37.9 Å². The van der Waals surface area contributed by atoms with E-state index in [9.17, 15) is 4.79 Å². The molecule has 0 aromatic heterocycles. The van der Waals surface area contributed by atoms with Gasteiger partial charge >= 0.3 is 5.97 Å². The molecular formula is C16H22ClNO2. The quantitative estimate of drug-likeness (QED) is 0.871. The maximum atomic E-state index is 12.6. The predicted octanol–water partition coefficient (Wildman–Crippen LogP) is 2.68. The van der Waals surface area contributed by atoms with Crippen LogP contribution >= 0.6 is 12.4 Å². The molecule has 1 atom stereocenters. The Morgan fingerprint density at radius 3 is 2.50 bits per heavy atom. The molecule has 1 heterocycles. The Morgan fingerprint density at radius 1 is 1.25 bits per heavy atom. The molecule has 20 heavy (non-hydrogen) atoms. The van der Waals surface area contributed by atoms with Crippen molar-refractivity contribution >= 4 is 18.4 Å². The number of ether oxygens (including phenoxy) is 1. The molecule has 3 nitrogen and oxygen atoms in total. The molecule has 1 N–H and O–H groups in total. The smallest absolute Gasteiger partial charge is 0.317 e. The third-order valence-corrected chi connectivity index (χ3v) is 4.84. The summed E-state index contributed by atoms with van der Waals surface area (Å²) in [6.45, 7) is 4.36. The van der Waals surface area contributed by atoms with Gasteiger partial charge in [0, 0.05) is 0 Å². The second-order valence-electron chi connectivity index (χ2n) is 5.70. The van der Waals surface area contributed by atoms with Crippen molar-refractivity contribution in [1.29, 1.82) is 0 Å². The Labute approximate surface area is 126 Å². The van der Waals surface area contributed by atoms with Gasteiger partial charge in [-0.25, -0.2) is 0 Å². The van der Waals surface area contributed by atoms with Crippen LogP contribution in [-0.2, 0) is 14.9 Å². The highest BCUT2D eigenvalue weighted by atomic mass is 35.5. The maximum absolute atomic E-state index is 12.6. The molecule has 1 aliphatic heterocycles. The minimum Gasteiger partial charge on any atom is -0.465 e. The van der Waals surface area contributed by atoms with E-state index in [1.165, 1.54) is 0 Å². The fourth-order valence-corrected chi connectivity index (χ4v) is 3.76. The second kappa shape index (κ2) is 5.74. The minimum absolute atomic E-state index is 0. The van der Waals surface area contributed by atoms with Crippen LogP contribution in [0.2, 0.25) is 0 Å². The van der Waals surface area contributed by atoms with Crippen molar-refractivity contribution in [3.8, 4) is 0 Å². The van der Waals surface area contributed by atoms with Crippen molar-refractivity contribution in [2.24, 2.45) is 5.41 Å². The Bertz CT molecular complexity index is 471. The van der Waals surface area contributed by atoms with E-state index in [2.05, 4.69) is 17.4 Å². The molecular weight excluding hydrogens is 274 g/mol. The number of hydrogen-bond acceptors (Lipinski definition) is 3. The summed E-state index contributed by atoms with van der Waals surface area (Å²) < 4.78 is 5.39. The molecule has 0 amide bonds. The number of halogens is 1. The molecule has 0 radical (unpaired) electrons. The van der Waals surface area contributed by atoms with Crippen molar-refractivity contribution in [3.05, 3.63) is 35.9 Å². The van der Waals surface area contributed by atoms with Crippen LogP contribution in [0.3, 0.4) is 0 Å². The van der Waals surface area contributed by atoms with Crippen LogP contribution in [0.15, 0.2) is 30.3 Å². The first kappa shape index (κ1) is 15.3. The summed E-state index contributed by atoms with van der Waals surface area (Å²) in [5.41, 5.74) is 0.883. The third-order valence-electron chi connectivity index (χ3n) is 4.84. The highest BCUT2D eigenvalue weighted by molar-refractivity contribution is 5.89. The number of carbonyl (C=O) groups excluding carboxylic acids is 1. The topological polar surface area (TPSA) is 38.3 Å². The van der Waals surface area contributed by atoms with E-state index in [0.29, 0.717) is 6.61 Å². The van der Waals surface area contributed by atoms with E-state index in [4.69, 9.17) is 4.74 Å². The highest BCUT2D eigenvalue weighted by Crippen LogP contribution is 2.69. The standard InChI is InChI=1S/C16H21NO2.ClH/c1-2-19-14(18)16(13-6-4-3-5-7-13)12-15(16)8-10-17-11-9-15;/h3-7,17H,2,8-12H2,1H3;1H. The summed E-state index contributed by atoms with van der Waals surface area (Å²) in [6, 6.07) is 10.2. The summed E-state index contributed by atoms with van der Waals surface area (Å²) >= 11 is 0. The zero-order valence-electron chi connectivity index (χ0n) is 11.9. The number of carbonyl (C=O) groups is 1. The Morgan fingerprint density at radius 2 is 1.90 bits per heavy atom. The van der Waals surface area contributed by atoms with Gasteiger partial charge in [-0.1, -0.05) is 30.3 Å². The van der Waals surface area contributed by atoms with Gasteiger partial charge < -0.3 is 10.1 Å². The summed E-state index contributed by atoms with van der Waals surface area (Å²) in [4.78, 5) is 12.6. The van der Waals surface area contributed by atoms with Crippen LogP contribution in [0.25, 0.3) is 0 Å². The van der Waals surface area contributed by atoms with E-state index in [-0.39, 0.29) is 29.2 Å². The average molecular weight is 296 g/mol. The molecule has 1 saturated heterocycles. The number of hydrogen-bond donors (Lipinski definition) is 1. The van der Waals surface area contributed by atoms with Crippen LogP contribution in [0.5, 0.6) is 0 Å². The summed E-state index contributed by atoms with van der Waals surface area (Å²) in [5.74, 6) is -0.0249. The summed E-state index contributed by atoms with van der Waals surface area (Å²) in [6.07, 6.45) is 3.09. The van der Waals surface area contributed by atoms with Gasteiger partial charge in [0.2, 0.25) is 0 Å². The fourth-order valence-electron chi connectivity index (χ4n) is 3.76. The highest BCUT2D eigenvalue weighted by Gasteiger charge is 2.72. The van der Waals surface area contributed by atoms with E-state index < -0.39 is 0 Å². The first-order valence-electron chi connectivity index (χ1n) is 7.19. The van der Waals surface area contributed by atoms with Crippen LogP contribution in [-0.4, -0.2) is 25.7 Å². The van der Waals surface area contributed by atoms with Crippen molar-refractivity contribution in [3.63, 3.8) is 0 Å². The average Bonchev–Trinajstić information content (AvgIpc) is 3.10. The normalized spacial score (nSPS) is 26.6. The van der Waals surface area contributed by atoms with Crippen molar-refractivity contribution in [1.82, 2.24) is 5.32 Å². The summed E-state index contributed by atoms with van der Waals surface area (Å²) in [5, 5.41) is 3.39. The number of rotatable bonds is 3. The molecule has 2 fully saturated rings. The van der Waals surface area contributed by atoms with Crippen LogP contribution < -0.4 is 5.32 Å². The van der Waals surface area contributed by atoms with Crippen LogP contribution in [0.4, 0.5) is 0 Å². The van der Waals surface area contributed by atoms with E-state index >= 15 is 0 Å². The first-order valence-corrected chi connectivity index (χ1v) is 7.19. The fraction of sp³-hybridized carbons (Fsp3) is 0.562. The lowest BCUT2D eigenvalue weighted by atomic mass is 9.80. The lowest BCUT2D eigenvalue weighted by Crippen LogP contribution is -2.37. The number of piperidine rings is 1. The SMILES string of the molecule is CCOC(=O)C1(c2ccccc2)CC12CCNCC2.Cl. The molecule has 1 aromatic carbocycles. The largest absolute Gasteiger partial charge is 0.465 e. The first-order chi connectivity index (χ1) is 9.25. The predicted molar refractivity (Wildman–Crippen MR) is 81.2 cm³/mol. The molecule has 110 valence electrons. The van der Waals surface area contributed by atoms with Gasteiger partial charge in [0.1, 0.15) is 0 Å². The van der Waals surface area contributed by atoms with E-state index in [1.807, 2.05) is 25.1 Å². The Balaban J connectivity index is 0.00000147. The number of benzene rings is 1. The lowest BCUT2D eigenvalue weighted by molar-refractivity contribution is -0.147.